The van der Waals surface area contributed by atoms with E-state index in [0.29, 0.717) is 5.76 Å². The molecule has 1 heterocycles. The number of hydrogen-bond donors (Lipinski definition) is 0. The van der Waals surface area contributed by atoms with Gasteiger partial charge in [-0.15, -0.1) is 6.42 Å². The number of hydrogen-bond acceptors (Lipinski definition) is 2. The van der Waals surface area contributed by atoms with Crippen molar-refractivity contribution < 1.29 is 4.42 Å². The summed E-state index contributed by atoms with van der Waals surface area (Å²) in [5.41, 5.74) is 0. The molecule has 0 radical (unpaired) electrons. The van der Waals surface area contributed by atoms with Crippen molar-refractivity contribution in [1.29, 1.82) is 0 Å². The van der Waals surface area contributed by atoms with Gasteiger partial charge in [0.05, 0.1) is 6.20 Å². The molecular weight excluding hydrogens is 90.1 g/mol. The molecule has 0 aliphatic rings. The Hall–Kier alpha value is -1.23. The fraction of sp³-hybridized carbons (Fsp3) is 0. The van der Waals surface area contributed by atoms with Crippen LogP contribution in [0.3, 0.4) is 0 Å². The minimum Gasteiger partial charge on any atom is -0.435 e. The second-order valence-electron chi connectivity index (χ2n) is 1.01. The van der Waals surface area contributed by atoms with Crippen molar-refractivity contribution in [2.24, 2.45) is 0 Å². The Morgan fingerprint density at radius 2 is 2.71 bits per heavy atom. The highest BCUT2D eigenvalue weighted by atomic mass is 16.3. The molecule has 2 heteroatoms. The lowest BCUT2D eigenvalue weighted by atomic mass is 10.6. The van der Waals surface area contributed by atoms with E-state index >= 15 is 0 Å². The van der Waals surface area contributed by atoms with Crippen LogP contribution in [0.2, 0.25) is 0 Å². The van der Waals surface area contributed by atoms with Crippen LogP contribution in [-0.4, -0.2) is 4.98 Å². The fourth-order valence-corrected chi connectivity index (χ4v) is 0.287. The van der Waals surface area contributed by atoms with Gasteiger partial charge in [-0.3, -0.25) is 0 Å². The Morgan fingerprint density at radius 3 is 3.00 bits per heavy atom. The molecule has 0 unspecified atom stereocenters. The summed E-state index contributed by atoms with van der Waals surface area (Å²) in [6.07, 6.45) is 7.70. The van der Waals surface area contributed by atoms with Gasteiger partial charge >= 0.3 is 0 Å². The Bertz CT molecular complexity index is 170. The summed E-state index contributed by atoms with van der Waals surface area (Å²) in [4.78, 5) is 3.58. The number of oxazole rings is 1. The average molecular weight is 93.1 g/mol. The van der Waals surface area contributed by atoms with E-state index in [1.807, 2.05) is 0 Å². The van der Waals surface area contributed by atoms with Gasteiger partial charge in [0, 0.05) is 0 Å². The zero-order valence-electron chi connectivity index (χ0n) is 3.59. The maximum absolute atomic E-state index is 4.91. The van der Waals surface area contributed by atoms with Gasteiger partial charge in [0.2, 0.25) is 0 Å². The Morgan fingerprint density at radius 1 is 1.86 bits per heavy atom. The first-order valence-corrected chi connectivity index (χ1v) is 1.78. The number of nitrogens with zero attached hydrogens (tertiary/aromatic N) is 1. The highest BCUT2D eigenvalue weighted by molar-refractivity contribution is 5.15. The molecule has 0 saturated heterocycles. The summed E-state index contributed by atoms with van der Waals surface area (Å²) in [5.74, 6) is 2.75. The molecule has 0 amide bonds. The summed E-state index contributed by atoms with van der Waals surface area (Å²) in [7, 11) is 0. The number of terminal acetylenes is 1. The van der Waals surface area contributed by atoms with Gasteiger partial charge < -0.3 is 4.42 Å². The molecule has 2 nitrogen and oxygen atoms in total. The van der Waals surface area contributed by atoms with E-state index in [1.54, 1.807) is 0 Å². The molecule has 0 fully saturated rings. The maximum atomic E-state index is 4.91. The van der Waals surface area contributed by atoms with E-state index in [9.17, 15) is 0 Å². The van der Waals surface area contributed by atoms with Gasteiger partial charge in [-0.2, -0.15) is 0 Å². The van der Waals surface area contributed by atoms with Crippen LogP contribution in [0.5, 0.6) is 0 Å². The molecule has 1 aromatic rings. The minimum atomic E-state index is 0.472. The van der Waals surface area contributed by atoms with Crippen LogP contribution in [-0.2, 0) is 0 Å². The van der Waals surface area contributed by atoms with E-state index < -0.39 is 0 Å². The Kier molecular flexibility index (Phi) is 0.833. The number of rotatable bonds is 0. The largest absolute Gasteiger partial charge is 0.435 e. The zero-order valence-corrected chi connectivity index (χ0v) is 3.59. The molecule has 0 aliphatic heterocycles. The third kappa shape index (κ3) is 0.606. The van der Waals surface area contributed by atoms with Gasteiger partial charge in [-0.25, -0.2) is 4.98 Å². The third-order valence-electron chi connectivity index (χ3n) is 0.575. The second-order valence-corrected chi connectivity index (χ2v) is 1.01. The molecule has 0 bridgehead atoms. The highest BCUT2D eigenvalue weighted by Gasteiger charge is 1.82. The van der Waals surface area contributed by atoms with Gasteiger partial charge in [0.1, 0.15) is 0 Å². The van der Waals surface area contributed by atoms with Crippen molar-refractivity contribution in [1.82, 2.24) is 4.98 Å². The minimum absolute atomic E-state index is 0.472. The average Bonchev–Trinajstić information content (AvgIpc) is 2.14. The Labute approximate surface area is 41.2 Å². The van der Waals surface area contributed by atoms with Crippen molar-refractivity contribution >= 4 is 0 Å². The normalized spacial score (nSPS) is 7.86. The van der Waals surface area contributed by atoms with Crippen LogP contribution in [0.4, 0.5) is 0 Å². The molecule has 1 rings (SSSR count). The van der Waals surface area contributed by atoms with Crippen LogP contribution in [0.1, 0.15) is 5.76 Å². The lowest BCUT2D eigenvalue weighted by molar-refractivity contribution is 0.546. The monoisotopic (exact) mass is 93.0 g/mol. The molecule has 0 spiro atoms. The lowest BCUT2D eigenvalue weighted by Crippen LogP contribution is -1.56. The first-order chi connectivity index (χ1) is 3.43. The van der Waals surface area contributed by atoms with Gasteiger partial charge in [0.15, 0.2) is 12.2 Å². The van der Waals surface area contributed by atoms with Crippen molar-refractivity contribution in [2.75, 3.05) is 0 Å². The molecule has 0 aromatic carbocycles. The molecule has 34 valence electrons. The molecule has 0 saturated carbocycles. The van der Waals surface area contributed by atoms with Crippen LogP contribution in [0.15, 0.2) is 17.0 Å². The molecule has 0 atom stereocenters. The summed E-state index contributed by atoms with van der Waals surface area (Å²) < 4.78 is 4.64. The highest BCUT2D eigenvalue weighted by Crippen LogP contribution is 1.89. The van der Waals surface area contributed by atoms with E-state index in [4.69, 9.17) is 6.42 Å². The van der Waals surface area contributed by atoms with E-state index in [1.165, 1.54) is 12.6 Å². The first-order valence-electron chi connectivity index (χ1n) is 1.78. The fourth-order valence-electron chi connectivity index (χ4n) is 0.287. The molecular formula is C5H3NO. The quantitative estimate of drug-likeness (QED) is 0.440. The predicted octanol–water partition coefficient (Wildman–Crippen LogP) is 0.656. The standard InChI is InChI=1S/C5H3NO/c1-2-5-3-6-4-7-5/h1,3-4H. The summed E-state index contributed by atoms with van der Waals surface area (Å²) in [5, 5.41) is 0. The first kappa shape index (κ1) is 3.94. The maximum Gasteiger partial charge on any atom is 0.196 e. The smallest absolute Gasteiger partial charge is 0.196 e. The Balaban J connectivity index is 3.04. The molecule has 1 aromatic heterocycles. The van der Waals surface area contributed by atoms with E-state index in [-0.39, 0.29) is 0 Å². The van der Waals surface area contributed by atoms with Crippen LogP contribution in [0.25, 0.3) is 0 Å². The van der Waals surface area contributed by atoms with Crippen LogP contribution < -0.4 is 0 Å². The summed E-state index contributed by atoms with van der Waals surface area (Å²) in [6.45, 7) is 0. The van der Waals surface area contributed by atoms with E-state index in [2.05, 4.69) is 15.3 Å². The van der Waals surface area contributed by atoms with Crippen molar-refractivity contribution in [3.63, 3.8) is 0 Å². The van der Waals surface area contributed by atoms with Crippen molar-refractivity contribution in [2.45, 2.75) is 0 Å². The molecule has 7 heavy (non-hydrogen) atoms. The second kappa shape index (κ2) is 1.48. The van der Waals surface area contributed by atoms with Gasteiger partial charge in [0.25, 0.3) is 0 Å². The molecule has 0 N–H and O–H groups in total. The third-order valence-corrected chi connectivity index (χ3v) is 0.575. The lowest BCUT2D eigenvalue weighted by Gasteiger charge is -1.66. The van der Waals surface area contributed by atoms with Crippen molar-refractivity contribution in [3.05, 3.63) is 18.4 Å². The molecule has 0 aliphatic carbocycles. The summed E-state index contributed by atoms with van der Waals surface area (Å²) >= 11 is 0. The zero-order chi connectivity index (χ0) is 5.11. The predicted molar refractivity (Wildman–Crippen MR) is 24.4 cm³/mol. The topological polar surface area (TPSA) is 26.0 Å². The SMILES string of the molecule is C#Cc1cnco1. The number of aromatic nitrogens is 1. The van der Waals surface area contributed by atoms with Crippen molar-refractivity contribution in [3.8, 4) is 12.3 Å². The van der Waals surface area contributed by atoms with Gasteiger partial charge in [-0.1, -0.05) is 0 Å². The van der Waals surface area contributed by atoms with Crippen LogP contribution >= 0.6 is 0 Å². The summed E-state index contributed by atoms with van der Waals surface area (Å²) in [6, 6.07) is 0. The van der Waals surface area contributed by atoms with Gasteiger partial charge in [-0.05, 0) is 5.92 Å². The van der Waals surface area contributed by atoms with Crippen LogP contribution in [0, 0.1) is 12.3 Å². The van der Waals surface area contributed by atoms with E-state index in [0.717, 1.165) is 0 Å².